The summed E-state index contributed by atoms with van der Waals surface area (Å²) >= 11 is 0. The highest BCUT2D eigenvalue weighted by Gasteiger charge is 2.20. The predicted octanol–water partition coefficient (Wildman–Crippen LogP) is 4.77. The number of fused-ring (bicyclic) bond motifs is 1. The third kappa shape index (κ3) is 4.23. The minimum Gasteiger partial charge on any atom is -0.478 e. The van der Waals surface area contributed by atoms with E-state index in [9.17, 15) is 9.90 Å². The van der Waals surface area contributed by atoms with E-state index in [0.29, 0.717) is 11.9 Å². The van der Waals surface area contributed by atoms with Gasteiger partial charge in [0.15, 0.2) is 0 Å². The molecule has 2 aromatic heterocycles. The highest BCUT2D eigenvalue weighted by atomic mass is 16.4. The Morgan fingerprint density at radius 2 is 1.93 bits per heavy atom. The van der Waals surface area contributed by atoms with Crippen molar-refractivity contribution in [1.82, 2.24) is 19.7 Å². The molecule has 1 aliphatic rings. The lowest BCUT2D eigenvalue weighted by atomic mass is 9.84. The van der Waals surface area contributed by atoms with E-state index in [4.69, 9.17) is 4.98 Å². The van der Waals surface area contributed by atoms with Gasteiger partial charge < -0.3 is 10.4 Å². The number of aromatic nitrogens is 4. The Bertz CT molecular complexity index is 1050. The van der Waals surface area contributed by atoms with Gasteiger partial charge >= 0.3 is 5.97 Å². The number of hydrogen-bond acceptors (Lipinski definition) is 5. The van der Waals surface area contributed by atoms with Crippen LogP contribution in [0.2, 0.25) is 0 Å². The fourth-order valence-corrected chi connectivity index (χ4v) is 3.92. The minimum atomic E-state index is -1.03. The van der Waals surface area contributed by atoms with Crippen LogP contribution in [0.4, 0.5) is 5.82 Å². The molecule has 0 aliphatic heterocycles. The van der Waals surface area contributed by atoms with Crippen molar-refractivity contribution in [2.75, 3.05) is 5.32 Å². The second kappa shape index (κ2) is 7.46. The number of aromatic carboxylic acids is 1. The van der Waals surface area contributed by atoms with Gasteiger partial charge in [-0.05, 0) is 57.2 Å². The minimum absolute atomic E-state index is 0.103. The molecule has 0 spiro atoms. The smallest absolute Gasteiger partial charge is 0.338 e. The fraction of sp³-hybridized carbons (Fsp3) is 0.455. The molecule has 152 valence electrons. The first kappa shape index (κ1) is 19.4. The molecule has 4 rings (SSSR count). The summed E-state index contributed by atoms with van der Waals surface area (Å²) in [6.45, 7) is 6.26. The molecule has 0 saturated heterocycles. The van der Waals surface area contributed by atoms with Crippen LogP contribution in [0.25, 0.3) is 16.9 Å². The van der Waals surface area contributed by atoms with Crippen LogP contribution in [-0.2, 0) is 0 Å². The van der Waals surface area contributed by atoms with E-state index in [0.717, 1.165) is 16.7 Å². The molecule has 7 nitrogen and oxygen atoms in total. The van der Waals surface area contributed by atoms with E-state index < -0.39 is 5.97 Å². The third-order valence-electron chi connectivity index (χ3n) is 5.31. The molecule has 0 atom stereocenters. The molecule has 2 heterocycles. The van der Waals surface area contributed by atoms with Crippen LogP contribution in [0.15, 0.2) is 30.6 Å². The molecule has 1 fully saturated rings. The van der Waals surface area contributed by atoms with E-state index in [1.165, 1.54) is 54.7 Å². The average molecular weight is 393 g/mol. The van der Waals surface area contributed by atoms with Gasteiger partial charge in [-0.25, -0.2) is 14.5 Å². The van der Waals surface area contributed by atoms with Crippen molar-refractivity contribution >= 4 is 22.7 Å². The van der Waals surface area contributed by atoms with Crippen molar-refractivity contribution in [2.24, 2.45) is 0 Å². The Hall–Kier alpha value is -2.96. The van der Waals surface area contributed by atoms with Crippen LogP contribution in [-0.4, -0.2) is 36.4 Å². The Balaban J connectivity index is 1.81. The van der Waals surface area contributed by atoms with E-state index in [1.54, 1.807) is 0 Å². The van der Waals surface area contributed by atoms with E-state index in [-0.39, 0.29) is 11.1 Å². The number of benzene rings is 1. The van der Waals surface area contributed by atoms with Crippen LogP contribution in [0.3, 0.4) is 0 Å². The fourth-order valence-electron chi connectivity index (χ4n) is 3.92. The van der Waals surface area contributed by atoms with Gasteiger partial charge in [0.25, 0.3) is 5.95 Å². The first-order chi connectivity index (χ1) is 13.8. The summed E-state index contributed by atoms with van der Waals surface area (Å²) in [5, 5.41) is 17.8. The molecule has 0 radical (unpaired) electrons. The summed E-state index contributed by atoms with van der Waals surface area (Å²) in [6, 6.07) is 6.43. The van der Waals surface area contributed by atoms with Gasteiger partial charge in [-0.1, -0.05) is 25.3 Å². The van der Waals surface area contributed by atoms with E-state index in [2.05, 4.69) is 48.3 Å². The molecule has 29 heavy (non-hydrogen) atoms. The molecule has 2 N–H and O–H groups in total. The lowest BCUT2D eigenvalue weighted by Gasteiger charge is -2.24. The predicted molar refractivity (Wildman–Crippen MR) is 113 cm³/mol. The molecule has 0 amide bonds. The molecule has 7 heteroatoms. The van der Waals surface area contributed by atoms with E-state index >= 15 is 0 Å². The second-order valence-corrected chi connectivity index (χ2v) is 8.84. The zero-order valence-electron chi connectivity index (χ0n) is 17.1. The van der Waals surface area contributed by atoms with Gasteiger partial charge in [0, 0.05) is 17.1 Å². The molecular formula is C22H27N5O2. The maximum Gasteiger partial charge on any atom is 0.338 e. The van der Waals surface area contributed by atoms with Gasteiger partial charge in [-0.2, -0.15) is 10.1 Å². The Labute approximate surface area is 170 Å². The number of anilines is 1. The molecule has 0 unspecified atom stereocenters. The van der Waals surface area contributed by atoms with Gasteiger partial charge in [-0.3, -0.25) is 0 Å². The Morgan fingerprint density at radius 1 is 1.17 bits per heavy atom. The highest BCUT2D eigenvalue weighted by molar-refractivity contribution is 5.90. The number of rotatable bonds is 4. The summed E-state index contributed by atoms with van der Waals surface area (Å²) in [6.07, 6.45) is 9.11. The number of hydrogen-bond donors (Lipinski definition) is 2. The monoisotopic (exact) mass is 393 g/mol. The standard InChI is InChI=1S/C22H27N5O2/c1-22(2,3)26-19-17-11-15(14-7-5-4-6-8-14)9-10-18(17)24-21(25-19)27-13-16(12-23-27)20(28)29/h9-14H,4-8H2,1-3H3,(H,28,29)(H,24,25,26). The summed E-state index contributed by atoms with van der Waals surface area (Å²) < 4.78 is 1.41. The van der Waals surface area contributed by atoms with Gasteiger partial charge in [-0.15, -0.1) is 0 Å². The van der Waals surface area contributed by atoms with Gasteiger partial charge in [0.1, 0.15) is 5.82 Å². The normalized spacial score (nSPS) is 15.6. The van der Waals surface area contributed by atoms with Crippen LogP contribution in [0, 0.1) is 0 Å². The summed E-state index contributed by atoms with van der Waals surface area (Å²) in [4.78, 5) is 20.5. The molecule has 1 aliphatic carbocycles. The Morgan fingerprint density at radius 3 is 2.59 bits per heavy atom. The first-order valence-electron chi connectivity index (χ1n) is 10.2. The zero-order valence-corrected chi connectivity index (χ0v) is 17.1. The quantitative estimate of drug-likeness (QED) is 0.663. The van der Waals surface area contributed by atoms with Crippen molar-refractivity contribution in [3.05, 3.63) is 41.7 Å². The second-order valence-electron chi connectivity index (χ2n) is 8.84. The van der Waals surface area contributed by atoms with Crippen LogP contribution in [0.5, 0.6) is 0 Å². The summed E-state index contributed by atoms with van der Waals surface area (Å²) in [5.74, 6) is 0.659. The molecule has 1 aromatic carbocycles. The molecular weight excluding hydrogens is 366 g/mol. The number of carbonyl (C=O) groups is 1. The molecule has 3 aromatic rings. The summed E-state index contributed by atoms with van der Waals surface area (Å²) in [7, 11) is 0. The number of carboxylic acids is 1. The number of carboxylic acid groups (broad SMARTS) is 1. The number of nitrogens with one attached hydrogen (secondary N) is 1. The van der Waals surface area contributed by atoms with Gasteiger partial charge in [0.2, 0.25) is 0 Å². The SMILES string of the molecule is CC(C)(C)Nc1nc(-n2cc(C(=O)O)cn2)nc2ccc(C3CCCCC3)cc12. The van der Waals surface area contributed by atoms with Crippen molar-refractivity contribution in [3.8, 4) is 5.95 Å². The summed E-state index contributed by atoms with van der Waals surface area (Å²) in [5.41, 5.74) is 2.08. The zero-order chi connectivity index (χ0) is 20.6. The van der Waals surface area contributed by atoms with Crippen molar-refractivity contribution < 1.29 is 9.90 Å². The maximum absolute atomic E-state index is 11.2. The van der Waals surface area contributed by atoms with Crippen molar-refractivity contribution in [1.29, 1.82) is 0 Å². The van der Waals surface area contributed by atoms with Crippen LogP contribution < -0.4 is 5.32 Å². The van der Waals surface area contributed by atoms with Crippen molar-refractivity contribution in [3.63, 3.8) is 0 Å². The van der Waals surface area contributed by atoms with Crippen molar-refractivity contribution in [2.45, 2.75) is 64.3 Å². The van der Waals surface area contributed by atoms with E-state index in [1.807, 2.05) is 6.07 Å². The lowest BCUT2D eigenvalue weighted by Crippen LogP contribution is -2.27. The van der Waals surface area contributed by atoms with Crippen LogP contribution in [0.1, 0.15) is 74.7 Å². The number of nitrogens with zero attached hydrogens (tertiary/aromatic N) is 4. The first-order valence-corrected chi connectivity index (χ1v) is 10.2. The third-order valence-corrected chi connectivity index (χ3v) is 5.31. The molecule has 0 bridgehead atoms. The maximum atomic E-state index is 11.2. The topological polar surface area (TPSA) is 92.9 Å². The molecule has 1 saturated carbocycles. The largest absolute Gasteiger partial charge is 0.478 e. The van der Waals surface area contributed by atoms with Crippen LogP contribution >= 0.6 is 0 Å². The Kier molecular flexibility index (Phi) is 4.98. The average Bonchev–Trinajstić information content (AvgIpc) is 3.18. The highest BCUT2D eigenvalue weighted by Crippen LogP contribution is 2.35. The lowest BCUT2D eigenvalue weighted by molar-refractivity contribution is 0.0697. The van der Waals surface area contributed by atoms with Gasteiger partial charge in [0.05, 0.1) is 17.3 Å².